The van der Waals surface area contributed by atoms with Crippen molar-refractivity contribution in [3.63, 3.8) is 0 Å². The van der Waals surface area contributed by atoms with Crippen LogP contribution in [-0.2, 0) is 24.2 Å². The predicted molar refractivity (Wildman–Crippen MR) is 68.7 cm³/mol. The normalized spacial score (nSPS) is 13.6. The number of amides is 1. The molecule has 1 aliphatic carbocycles. The van der Waals surface area contributed by atoms with Crippen molar-refractivity contribution in [2.75, 3.05) is 0 Å². The third-order valence-electron chi connectivity index (χ3n) is 3.31. The molecule has 5 nitrogen and oxygen atoms in total. The Bertz CT molecular complexity index is 659. The summed E-state index contributed by atoms with van der Waals surface area (Å²) in [6, 6.07) is 9.79. The highest BCUT2D eigenvalue weighted by Gasteiger charge is 2.29. The molecule has 0 bridgehead atoms. The van der Waals surface area contributed by atoms with Crippen LogP contribution in [0.1, 0.15) is 27.3 Å². The van der Waals surface area contributed by atoms with Gasteiger partial charge in [-0.25, -0.2) is 0 Å². The Morgan fingerprint density at radius 2 is 2.00 bits per heavy atom. The summed E-state index contributed by atoms with van der Waals surface area (Å²) in [5.74, 6) is -0.463. The van der Waals surface area contributed by atoms with E-state index < -0.39 is 5.91 Å². The second kappa shape index (κ2) is 4.35. The van der Waals surface area contributed by atoms with Gasteiger partial charge in [0.15, 0.2) is 5.69 Å². The second-order valence-electron chi connectivity index (χ2n) is 4.67. The third kappa shape index (κ3) is 2.03. The van der Waals surface area contributed by atoms with Crippen LogP contribution in [0.25, 0.3) is 0 Å². The number of ketones is 1. The smallest absolute Gasteiger partial charge is 0.269 e. The quantitative estimate of drug-likeness (QED) is 0.876. The molecule has 1 aliphatic rings. The molecule has 0 saturated heterocycles. The average molecular weight is 255 g/mol. The van der Waals surface area contributed by atoms with Crippen molar-refractivity contribution >= 4 is 11.7 Å². The molecular formula is C14H13N3O2. The minimum atomic E-state index is -0.572. The number of nitrogens with two attached hydrogens (primary N) is 1. The van der Waals surface area contributed by atoms with Crippen molar-refractivity contribution in [2.24, 2.45) is 5.73 Å². The first-order chi connectivity index (χ1) is 9.15. The molecular weight excluding hydrogens is 242 g/mol. The zero-order chi connectivity index (χ0) is 13.4. The van der Waals surface area contributed by atoms with Gasteiger partial charge in [-0.15, -0.1) is 0 Å². The molecule has 2 N–H and O–H groups in total. The van der Waals surface area contributed by atoms with E-state index >= 15 is 0 Å². The summed E-state index contributed by atoms with van der Waals surface area (Å²) in [4.78, 5) is 22.9. The molecule has 2 aromatic rings. The van der Waals surface area contributed by atoms with Gasteiger partial charge < -0.3 is 5.73 Å². The minimum absolute atomic E-state index is 0.108. The fourth-order valence-corrected chi connectivity index (χ4v) is 2.45. The summed E-state index contributed by atoms with van der Waals surface area (Å²) in [5.41, 5.74) is 8.14. The van der Waals surface area contributed by atoms with E-state index in [1.807, 2.05) is 30.3 Å². The predicted octanol–water partition coefficient (Wildman–Crippen LogP) is 0.698. The van der Waals surface area contributed by atoms with Gasteiger partial charge in [-0.3, -0.25) is 14.3 Å². The van der Waals surface area contributed by atoms with E-state index in [-0.39, 0.29) is 17.9 Å². The fraction of sp³-hybridized carbons (Fsp3) is 0.214. The number of primary amides is 1. The lowest BCUT2D eigenvalue weighted by molar-refractivity contribution is -0.117. The molecule has 0 atom stereocenters. The van der Waals surface area contributed by atoms with Gasteiger partial charge in [-0.05, 0) is 5.56 Å². The molecule has 5 heteroatoms. The first-order valence-corrected chi connectivity index (χ1v) is 6.09. The van der Waals surface area contributed by atoms with E-state index in [9.17, 15) is 9.59 Å². The zero-order valence-electron chi connectivity index (χ0n) is 10.3. The SMILES string of the molecule is NC(=O)c1nn(Cc2ccccc2)c2c1CC(=O)C2. The van der Waals surface area contributed by atoms with Crippen molar-refractivity contribution < 1.29 is 9.59 Å². The van der Waals surface area contributed by atoms with Crippen molar-refractivity contribution in [3.05, 3.63) is 52.8 Å². The Labute approximate surface area is 110 Å². The Morgan fingerprint density at radius 1 is 1.26 bits per heavy atom. The number of aromatic nitrogens is 2. The number of benzene rings is 1. The van der Waals surface area contributed by atoms with Gasteiger partial charge in [0.2, 0.25) is 0 Å². The maximum absolute atomic E-state index is 11.5. The molecule has 1 aromatic carbocycles. The van der Waals surface area contributed by atoms with Gasteiger partial charge in [0.25, 0.3) is 5.91 Å². The molecule has 0 saturated carbocycles. The standard InChI is InChI=1S/C14H13N3O2/c15-14(19)13-11-6-10(18)7-12(11)17(16-13)8-9-4-2-1-3-5-9/h1-5H,6-8H2,(H2,15,19). The van der Waals surface area contributed by atoms with Gasteiger partial charge in [0.05, 0.1) is 12.2 Å². The monoisotopic (exact) mass is 255 g/mol. The van der Waals surface area contributed by atoms with Crippen LogP contribution in [-0.4, -0.2) is 21.5 Å². The number of rotatable bonds is 3. The number of fused-ring (bicyclic) bond motifs is 1. The summed E-state index contributed by atoms with van der Waals surface area (Å²) in [6.07, 6.45) is 0.602. The van der Waals surface area contributed by atoms with Crippen LogP contribution >= 0.6 is 0 Å². The van der Waals surface area contributed by atoms with E-state index in [2.05, 4.69) is 5.10 Å². The van der Waals surface area contributed by atoms with Crippen LogP contribution in [0.4, 0.5) is 0 Å². The number of carbonyl (C=O) groups is 2. The molecule has 0 aliphatic heterocycles. The van der Waals surface area contributed by atoms with Crippen LogP contribution in [0.2, 0.25) is 0 Å². The highest BCUT2D eigenvalue weighted by molar-refractivity contribution is 5.97. The minimum Gasteiger partial charge on any atom is -0.364 e. The molecule has 3 rings (SSSR count). The van der Waals surface area contributed by atoms with Crippen molar-refractivity contribution in [2.45, 2.75) is 19.4 Å². The summed E-state index contributed by atoms with van der Waals surface area (Å²) < 4.78 is 1.72. The summed E-state index contributed by atoms with van der Waals surface area (Å²) in [5, 5.41) is 4.25. The number of hydrogen-bond donors (Lipinski definition) is 1. The molecule has 0 radical (unpaired) electrons. The Kier molecular flexibility index (Phi) is 2.67. The van der Waals surface area contributed by atoms with Gasteiger partial charge >= 0.3 is 0 Å². The van der Waals surface area contributed by atoms with Gasteiger partial charge in [-0.1, -0.05) is 30.3 Å². The molecule has 1 amide bonds. The van der Waals surface area contributed by atoms with Gasteiger partial charge in [0.1, 0.15) is 5.78 Å². The summed E-state index contributed by atoms with van der Waals surface area (Å²) in [7, 11) is 0. The molecule has 0 spiro atoms. The highest BCUT2D eigenvalue weighted by atomic mass is 16.1. The topological polar surface area (TPSA) is 78.0 Å². The first-order valence-electron chi connectivity index (χ1n) is 6.09. The van der Waals surface area contributed by atoms with Crippen molar-refractivity contribution in [3.8, 4) is 0 Å². The molecule has 19 heavy (non-hydrogen) atoms. The lowest BCUT2D eigenvalue weighted by Crippen LogP contribution is -2.15. The molecule has 1 heterocycles. The van der Waals surface area contributed by atoms with Crippen molar-refractivity contribution in [1.82, 2.24) is 9.78 Å². The van der Waals surface area contributed by atoms with E-state index in [4.69, 9.17) is 5.73 Å². The lowest BCUT2D eigenvalue weighted by Gasteiger charge is -2.05. The van der Waals surface area contributed by atoms with Crippen LogP contribution in [0.15, 0.2) is 30.3 Å². The Morgan fingerprint density at radius 3 is 2.68 bits per heavy atom. The molecule has 0 unspecified atom stereocenters. The second-order valence-corrected chi connectivity index (χ2v) is 4.67. The summed E-state index contributed by atoms with van der Waals surface area (Å²) in [6.45, 7) is 0.545. The lowest BCUT2D eigenvalue weighted by atomic mass is 10.2. The van der Waals surface area contributed by atoms with Crippen LogP contribution in [0, 0.1) is 0 Å². The van der Waals surface area contributed by atoms with Crippen LogP contribution in [0.5, 0.6) is 0 Å². The number of nitrogens with zero attached hydrogens (tertiary/aromatic N) is 2. The summed E-state index contributed by atoms with van der Waals surface area (Å²) >= 11 is 0. The Hall–Kier alpha value is -2.43. The van der Waals surface area contributed by atoms with Crippen LogP contribution < -0.4 is 5.73 Å². The van der Waals surface area contributed by atoms with Gasteiger partial charge in [-0.2, -0.15) is 5.10 Å². The van der Waals surface area contributed by atoms with Crippen molar-refractivity contribution in [1.29, 1.82) is 0 Å². The highest BCUT2D eigenvalue weighted by Crippen LogP contribution is 2.23. The molecule has 96 valence electrons. The average Bonchev–Trinajstić information content (AvgIpc) is 2.90. The largest absolute Gasteiger partial charge is 0.364 e. The molecule has 0 fully saturated rings. The fourth-order valence-electron chi connectivity index (χ4n) is 2.45. The number of Topliss-reactive ketones (excluding diaryl/α,β-unsaturated/α-hetero) is 1. The van der Waals surface area contributed by atoms with Gasteiger partial charge in [0, 0.05) is 18.4 Å². The zero-order valence-corrected chi connectivity index (χ0v) is 10.3. The van der Waals surface area contributed by atoms with E-state index in [1.54, 1.807) is 4.68 Å². The third-order valence-corrected chi connectivity index (χ3v) is 3.31. The number of hydrogen-bond acceptors (Lipinski definition) is 3. The first kappa shape index (κ1) is 11.6. The maximum atomic E-state index is 11.5. The maximum Gasteiger partial charge on any atom is 0.269 e. The van der Waals surface area contributed by atoms with E-state index in [0.717, 1.165) is 11.3 Å². The number of carbonyl (C=O) groups excluding carboxylic acids is 2. The molecule has 1 aromatic heterocycles. The van der Waals surface area contributed by atoms with Crippen LogP contribution in [0.3, 0.4) is 0 Å². The van der Waals surface area contributed by atoms with E-state index in [1.165, 1.54) is 0 Å². The Balaban J connectivity index is 2.01. The van der Waals surface area contributed by atoms with E-state index in [0.29, 0.717) is 18.5 Å².